The Morgan fingerprint density at radius 1 is 1.26 bits per heavy atom. The van der Waals surface area contributed by atoms with Crippen LogP contribution in [0.1, 0.15) is 80.5 Å². The average molecular weight is 519 g/mol. The highest BCUT2D eigenvalue weighted by Crippen LogP contribution is 2.45. The number of oxazole rings is 1. The minimum atomic E-state index is -1.06. The number of hydrogen-bond acceptors (Lipinski definition) is 5. The quantitative estimate of drug-likeness (QED) is 0.312. The maximum atomic E-state index is 12.7. The number of benzene rings is 1. The molecule has 7 nitrogen and oxygen atoms in total. The molecule has 2 aliphatic rings. The zero-order valence-electron chi connectivity index (χ0n) is 22.7. The van der Waals surface area contributed by atoms with Crippen molar-refractivity contribution in [1.82, 2.24) is 9.88 Å². The van der Waals surface area contributed by atoms with Gasteiger partial charge in [-0.2, -0.15) is 0 Å². The van der Waals surface area contributed by atoms with Gasteiger partial charge in [0.25, 0.3) is 0 Å². The minimum Gasteiger partial charge on any atom is -0.493 e. The van der Waals surface area contributed by atoms with E-state index in [9.17, 15) is 14.7 Å². The first-order valence-electron chi connectivity index (χ1n) is 13.5. The first-order valence-corrected chi connectivity index (χ1v) is 13.5. The van der Waals surface area contributed by atoms with Crippen LogP contribution in [0.3, 0.4) is 0 Å². The van der Waals surface area contributed by atoms with Gasteiger partial charge in [-0.3, -0.25) is 4.79 Å². The van der Waals surface area contributed by atoms with Crippen LogP contribution in [0, 0.1) is 12.3 Å². The summed E-state index contributed by atoms with van der Waals surface area (Å²) in [6.07, 6.45) is 13.6. The molecule has 1 fully saturated rings. The van der Waals surface area contributed by atoms with Crippen molar-refractivity contribution >= 4 is 17.4 Å². The number of nitrogens with zero attached hydrogens (tertiary/aromatic N) is 2. The van der Waals surface area contributed by atoms with E-state index in [0.29, 0.717) is 43.2 Å². The lowest BCUT2D eigenvalue weighted by atomic mass is 9.71. The number of carbonyl (C=O) groups is 2. The molecule has 1 atom stereocenters. The van der Waals surface area contributed by atoms with Crippen LogP contribution in [0.5, 0.6) is 5.75 Å². The summed E-state index contributed by atoms with van der Waals surface area (Å²) in [5, 5.41) is 9.98. The van der Waals surface area contributed by atoms with Crippen molar-refractivity contribution < 1.29 is 23.8 Å². The van der Waals surface area contributed by atoms with Crippen molar-refractivity contribution in [2.45, 2.75) is 71.8 Å². The van der Waals surface area contributed by atoms with Gasteiger partial charge in [-0.25, -0.2) is 9.78 Å². The zero-order valence-corrected chi connectivity index (χ0v) is 22.7. The van der Waals surface area contributed by atoms with Crippen LogP contribution < -0.4 is 4.74 Å². The van der Waals surface area contributed by atoms with Gasteiger partial charge in [-0.15, -0.1) is 0 Å². The predicted molar refractivity (Wildman–Crippen MR) is 147 cm³/mol. The number of amides is 1. The third-order valence-electron chi connectivity index (χ3n) is 7.85. The van der Waals surface area contributed by atoms with E-state index >= 15 is 0 Å². The van der Waals surface area contributed by atoms with Gasteiger partial charge in [0.2, 0.25) is 11.8 Å². The maximum Gasteiger partial charge on any atom is 0.331 e. The van der Waals surface area contributed by atoms with Crippen molar-refractivity contribution in [3.63, 3.8) is 0 Å². The second-order valence-corrected chi connectivity index (χ2v) is 10.5. The summed E-state index contributed by atoms with van der Waals surface area (Å²) in [5.74, 6) is 0.560. The van der Waals surface area contributed by atoms with E-state index in [0.717, 1.165) is 35.4 Å². The number of ether oxygens (including phenoxy) is 1. The van der Waals surface area contributed by atoms with Crippen molar-refractivity contribution in [2.24, 2.45) is 5.41 Å². The third-order valence-corrected chi connectivity index (χ3v) is 7.85. The molecule has 0 radical (unpaired) electrons. The summed E-state index contributed by atoms with van der Waals surface area (Å²) >= 11 is 0. The summed E-state index contributed by atoms with van der Waals surface area (Å²) in [6, 6.07) is 4.44. The highest BCUT2D eigenvalue weighted by Gasteiger charge is 2.36. The van der Waals surface area contributed by atoms with Gasteiger partial charge < -0.3 is 19.2 Å². The first kappa shape index (κ1) is 27.4. The van der Waals surface area contributed by atoms with Gasteiger partial charge in [-0.05, 0) is 61.8 Å². The summed E-state index contributed by atoms with van der Waals surface area (Å²) in [4.78, 5) is 31.1. The van der Waals surface area contributed by atoms with E-state index in [4.69, 9.17) is 14.1 Å². The second-order valence-electron chi connectivity index (χ2n) is 10.5. The molecule has 1 saturated carbocycles. The smallest absolute Gasteiger partial charge is 0.331 e. The molecule has 1 aliphatic heterocycles. The Balaban J connectivity index is 1.43. The van der Waals surface area contributed by atoms with Crippen molar-refractivity contribution in [1.29, 1.82) is 0 Å². The van der Waals surface area contributed by atoms with E-state index < -0.39 is 12.0 Å². The topological polar surface area (TPSA) is 92.9 Å². The van der Waals surface area contributed by atoms with Crippen LogP contribution in [-0.2, 0) is 22.4 Å². The number of aliphatic carboxylic acids is 1. The van der Waals surface area contributed by atoms with Crippen LogP contribution in [0.4, 0.5) is 0 Å². The van der Waals surface area contributed by atoms with Crippen molar-refractivity contribution in [2.75, 3.05) is 13.2 Å². The summed E-state index contributed by atoms with van der Waals surface area (Å²) in [7, 11) is 0. The van der Waals surface area contributed by atoms with Gasteiger partial charge in [0, 0.05) is 24.6 Å². The number of allylic oxidation sites excluding steroid dienone is 4. The van der Waals surface area contributed by atoms with Crippen LogP contribution in [0.25, 0.3) is 5.57 Å². The largest absolute Gasteiger partial charge is 0.493 e. The lowest BCUT2D eigenvalue weighted by molar-refractivity contribution is -0.149. The zero-order chi connectivity index (χ0) is 27.3. The second kappa shape index (κ2) is 11.8. The van der Waals surface area contributed by atoms with Crippen LogP contribution >= 0.6 is 0 Å². The molecule has 1 aromatic carbocycles. The molecule has 1 aromatic heterocycles. The molecule has 1 aliphatic carbocycles. The molecule has 2 heterocycles. The normalized spacial score (nSPS) is 19.0. The number of carboxylic acid groups (broad SMARTS) is 1. The standard InChI is InChI=1S/C31H38N2O5/c1-5-6-8-11-27(34)33-18-14-23-12-13-24(20-25(23)28(33)30(35)36)37-19-15-26-22(3)38-29(32-26)21(2)31(4)16-9-7-10-17-31/h5-6,8,11-13,20,28H,2,7,9-10,14-19H2,1,3-4H3,(H,35,36). The molecular formula is C31H38N2O5. The van der Waals surface area contributed by atoms with Crippen molar-refractivity contribution in [3.8, 4) is 5.75 Å². The predicted octanol–water partition coefficient (Wildman–Crippen LogP) is 6.23. The Labute approximate surface area is 224 Å². The maximum absolute atomic E-state index is 12.7. The van der Waals surface area contributed by atoms with E-state index in [-0.39, 0.29) is 11.3 Å². The molecule has 202 valence electrons. The van der Waals surface area contributed by atoms with Gasteiger partial charge in [0.1, 0.15) is 11.5 Å². The Kier molecular flexibility index (Phi) is 8.55. The Morgan fingerprint density at radius 3 is 2.74 bits per heavy atom. The molecule has 0 spiro atoms. The van der Waals surface area contributed by atoms with Crippen LogP contribution in [0.15, 0.2) is 53.5 Å². The van der Waals surface area contributed by atoms with Gasteiger partial charge in [0.15, 0.2) is 6.04 Å². The van der Waals surface area contributed by atoms with Crippen LogP contribution in [0.2, 0.25) is 0 Å². The Morgan fingerprint density at radius 2 is 2.03 bits per heavy atom. The number of aryl methyl sites for hydroxylation is 1. The minimum absolute atomic E-state index is 0.0326. The van der Waals surface area contributed by atoms with E-state index in [1.54, 1.807) is 18.2 Å². The summed E-state index contributed by atoms with van der Waals surface area (Å²) in [5.41, 5.74) is 3.35. The highest BCUT2D eigenvalue weighted by molar-refractivity contribution is 5.92. The van der Waals surface area contributed by atoms with E-state index in [1.807, 2.05) is 32.1 Å². The highest BCUT2D eigenvalue weighted by atomic mass is 16.5. The molecule has 38 heavy (non-hydrogen) atoms. The summed E-state index contributed by atoms with van der Waals surface area (Å²) < 4.78 is 12.0. The fourth-order valence-corrected chi connectivity index (χ4v) is 5.48. The van der Waals surface area contributed by atoms with Gasteiger partial charge in [0.05, 0.1) is 12.3 Å². The molecule has 1 amide bonds. The van der Waals surface area contributed by atoms with Gasteiger partial charge in [-0.1, -0.05) is 57.1 Å². The molecule has 1 unspecified atom stereocenters. The molecule has 2 aromatic rings. The number of carbonyl (C=O) groups excluding carboxylic acids is 1. The fourth-order valence-electron chi connectivity index (χ4n) is 5.48. The average Bonchev–Trinajstić information content (AvgIpc) is 3.27. The fraction of sp³-hybridized carbons (Fsp3) is 0.452. The molecule has 0 bridgehead atoms. The third kappa shape index (κ3) is 5.93. The molecule has 7 heteroatoms. The van der Waals surface area contributed by atoms with Crippen LogP contribution in [-0.4, -0.2) is 40.0 Å². The SMILES string of the molecule is C=C(c1nc(CCOc2ccc3c(c2)C(C(=O)O)N(C(=O)C=CC=CC)CC3)c(C)o1)C1(C)CCCCC1. The number of aromatic nitrogens is 1. The van der Waals surface area contributed by atoms with E-state index in [1.165, 1.54) is 30.2 Å². The monoisotopic (exact) mass is 518 g/mol. The van der Waals surface area contributed by atoms with E-state index in [2.05, 4.69) is 13.5 Å². The Hall–Kier alpha value is -3.61. The molecular weight excluding hydrogens is 480 g/mol. The first-order chi connectivity index (χ1) is 18.2. The molecule has 0 saturated heterocycles. The molecule has 1 N–H and O–H groups in total. The number of carboxylic acids is 1. The number of rotatable bonds is 9. The number of fused-ring (bicyclic) bond motifs is 1. The van der Waals surface area contributed by atoms with Crippen molar-refractivity contribution in [3.05, 3.63) is 77.6 Å². The van der Waals surface area contributed by atoms with Gasteiger partial charge >= 0.3 is 5.97 Å². The molecule has 4 rings (SSSR count). The summed E-state index contributed by atoms with van der Waals surface area (Å²) in [6.45, 7) is 11.1. The number of hydrogen-bond donors (Lipinski definition) is 1. The lowest BCUT2D eigenvalue weighted by Gasteiger charge is -2.34. The lowest BCUT2D eigenvalue weighted by Crippen LogP contribution is -2.42. The Bertz CT molecular complexity index is 1250.